The highest BCUT2D eigenvalue weighted by Crippen LogP contribution is 2.41. The molecule has 1 aliphatic rings. The largest absolute Gasteiger partial charge is 0.496 e. The predicted octanol–water partition coefficient (Wildman–Crippen LogP) is 2.26. The van der Waals surface area contributed by atoms with Crippen LogP contribution in [0.2, 0.25) is 0 Å². The smallest absolute Gasteiger partial charge is 0.125 e. The second-order valence-corrected chi connectivity index (χ2v) is 5.16. The molecule has 0 amide bonds. The van der Waals surface area contributed by atoms with Gasteiger partial charge in [0.25, 0.3) is 0 Å². The van der Waals surface area contributed by atoms with E-state index in [1.54, 1.807) is 7.11 Å². The van der Waals surface area contributed by atoms with Crippen molar-refractivity contribution in [2.45, 2.75) is 25.4 Å². The molecular formula is C14H21NO2. The number of hydrogen-bond donors (Lipinski definition) is 1. The molecule has 1 N–H and O–H groups in total. The Bertz CT molecular complexity index is 401. The Morgan fingerprint density at radius 2 is 2.24 bits per heavy atom. The number of ether oxygens (including phenoxy) is 2. The van der Waals surface area contributed by atoms with E-state index in [9.17, 15) is 0 Å². The molecule has 17 heavy (non-hydrogen) atoms. The molecule has 1 aromatic carbocycles. The Morgan fingerprint density at radius 3 is 2.88 bits per heavy atom. The van der Waals surface area contributed by atoms with Gasteiger partial charge in [-0.05, 0) is 18.7 Å². The van der Waals surface area contributed by atoms with Gasteiger partial charge in [-0.3, -0.25) is 0 Å². The van der Waals surface area contributed by atoms with Crippen LogP contribution in [0, 0.1) is 0 Å². The van der Waals surface area contributed by atoms with E-state index >= 15 is 0 Å². The lowest BCUT2D eigenvalue weighted by atomic mass is 9.78. The van der Waals surface area contributed by atoms with Crippen molar-refractivity contribution >= 4 is 0 Å². The maximum atomic E-state index is 5.96. The monoisotopic (exact) mass is 235 g/mol. The van der Waals surface area contributed by atoms with Crippen molar-refractivity contribution in [2.75, 3.05) is 27.3 Å². The number of nitrogens with one attached hydrogen (secondary N) is 1. The van der Waals surface area contributed by atoms with Crippen molar-refractivity contribution < 1.29 is 9.47 Å². The van der Waals surface area contributed by atoms with Gasteiger partial charge < -0.3 is 14.8 Å². The third-order valence-corrected chi connectivity index (χ3v) is 3.37. The summed E-state index contributed by atoms with van der Waals surface area (Å²) in [6.07, 6.45) is 0.0826. The second-order valence-electron chi connectivity index (χ2n) is 5.16. The zero-order valence-electron chi connectivity index (χ0n) is 11.0. The molecule has 0 bridgehead atoms. The third-order valence-electron chi connectivity index (χ3n) is 3.37. The highest BCUT2D eigenvalue weighted by atomic mass is 16.5. The number of benzene rings is 1. The maximum absolute atomic E-state index is 5.96. The standard InChI is InChI=1S/C14H21NO2/c1-14(2)9-17-12(8-15-3)13-10(14)6-5-7-11(13)16-4/h5-7,12,15H,8-9H2,1-4H3. The lowest BCUT2D eigenvalue weighted by molar-refractivity contribution is 0.00673. The predicted molar refractivity (Wildman–Crippen MR) is 68.6 cm³/mol. The summed E-state index contributed by atoms with van der Waals surface area (Å²) in [5.74, 6) is 0.926. The van der Waals surface area contributed by atoms with E-state index in [1.807, 2.05) is 13.1 Å². The van der Waals surface area contributed by atoms with Gasteiger partial charge in [-0.25, -0.2) is 0 Å². The van der Waals surface area contributed by atoms with Crippen LogP contribution in [-0.4, -0.2) is 27.3 Å². The number of hydrogen-bond acceptors (Lipinski definition) is 3. The van der Waals surface area contributed by atoms with Crippen molar-refractivity contribution in [3.8, 4) is 5.75 Å². The molecule has 3 nitrogen and oxygen atoms in total. The summed E-state index contributed by atoms with van der Waals surface area (Å²) < 4.78 is 11.4. The van der Waals surface area contributed by atoms with Gasteiger partial charge in [0.05, 0.1) is 19.8 Å². The van der Waals surface area contributed by atoms with E-state index < -0.39 is 0 Å². The maximum Gasteiger partial charge on any atom is 0.125 e. The normalized spacial score (nSPS) is 22.0. The van der Waals surface area contributed by atoms with E-state index in [4.69, 9.17) is 9.47 Å². The zero-order chi connectivity index (χ0) is 12.5. The third kappa shape index (κ3) is 2.17. The molecule has 1 aliphatic heterocycles. The van der Waals surface area contributed by atoms with Crippen molar-refractivity contribution in [3.63, 3.8) is 0 Å². The summed E-state index contributed by atoms with van der Waals surface area (Å²) in [6, 6.07) is 6.25. The first-order valence-electron chi connectivity index (χ1n) is 6.03. The Hall–Kier alpha value is -1.06. The van der Waals surface area contributed by atoms with Crippen LogP contribution < -0.4 is 10.1 Å². The molecule has 3 heteroatoms. The SMILES string of the molecule is CNCC1OCC(C)(C)c2cccc(OC)c21. The second kappa shape index (κ2) is 4.67. The minimum atomic E-state index is 0.0497. The Labute approximate surface area is 103 Å². The highest BCUT2D eigenvalue weighted by molar-refractivity contribution is 5.47. The van der Waals surface area contributed by atoms with Crippen LogP contribution in [0.25, 0.3) is 0 Å². The van der Waals surface area contributed by atoms with Crippen molar-refractivity contribution in [3.05, 3.63) is 29.3 Å². The quantitative estimate of drug-likeness (QED) is 0.871. The van der Waals surface area contributed by atoms with Crippen LogP contribution in [0.4, 0.5) is 0 Å². The number of rotatable bonds is 3. The summed E-state index contributed by atoms with van der Waals surface area (Å²) in [7, 11) is 3.66. The van der Waals surface area contributed by atoms with Crippen molar-refractivity contribution in [1.82, 2.24) is 5.32 Å². The summed E-state index contributed by atoms with van der Waals surface area (Å²) in [5, 5.41) is 3.18. The lowest BCUT2D eigenvalue weighted by Crippen LogP contribution is -2.36. The first-order chi connectivity index (χ1) is 8.10. The van der Waals surface area contributed by atoms with E-state index in [1.165, 1.54) is 11.1 Å². The van der Waals surface area contributed by atoms with Crippen LogP contribution >= 0.6 is 0 Å². The molecule has 1 aromatic rings. The van der Waals surface area contributed by atoms with E-state index in [-0.39, 0.29) is 11.5 Å². The summed E-state index contributed by atoms with van der Waals surface area (Å²) in [6.45, 7) is 5.98. The molecule has 0 radical (unpaired) electrons. The molecular weight excluding hydrogens is 214 g/mol. The number of methoxy groups -OCH3 is 1. The molecule has 0 saturated heterocycles. The first kappa shape index (κ1) is 12.4. The van der Waals surface area contributed by atoms with Gasteiger partial charge in [-0.2, -0.15) is 0 Å². The molecule has 0 fully saturated rings. The summed E-state index contributed by atoms with van der Waals surface area (Å²) in [4.78, 5) is 0. The highest BCUT2D eigenvalue weighted by Gasteiger charge is 2.35. The zero-order valence-corrected chi connectivity index (χ0v) is 11.0. The minimum Gasteiger partial charge on any atom is -0.496 e. The van der Waals surface area contributed by atoms with E-state index in [0.29, 0.717) is 0 Å². The molecule has 94 valence electrons. The average molecular weight is 235 g/mol. The molecule has 1 unspecified atom stereocenters. The molecule has 0 spiro atoms. The molecule has 0 aliphatic carbocycles. The molecule has 2 rings (SSSR count). The van der Waals surface area contributed by atoms with Gasteiger partial charge in [0.2, 0.25) is 0 Å². The van der Waals surface area contributed by atoms with Gasteiger partial charge >= 0.3 is 0 Å². The Kier molecular flexibility index (Phi) is 3.40. The average Bonchev–Trinajstić information content (AvgIpc) is 2.32. The number of likely N-dealkylation sites (N-methyl/N-ethyl adjacent to an activating group) is 1. The molecule has 0 aromatic heterocycles. The van der Waals surface area contributed by atoms with Crippen LogP contribution in [-0.2, 0) is 10.2 Å². The summed E-state index contributed by atoms with van der Waals surface area (Å²) >= 11 is 0. The topological polar surface area (TPSA) is 30.5 Å². The fraction of sp³-hybridized carbons (Fsp3) is 0.571. The molecule has 1 atom stereocenters. The van der Waals surface area contributed by atoms with Gasteiger partial charge in [0.1, 0.15) is 5.75 Å². The van der Waals surface area contributed by atoms with Crippen LogP contribution in [0.3, 0.4) is 0 Å². The molecule has 1 heterocycles. The first-order valence-corrected chi connectivity index (χ1v) is 6.03. The van der Waals surface area contributed by atoms with Crippen LogP contribution in [0.15, 0.2) is 18.2 Å². The Morgan fingerprint density at radius 1 is 1.47 bits per heavy atom. The van der Waals surface area contributed by atoms with Gasteiger partial charge in [-0.15, -0.1) is 0 Å². The summed E-state index contributed by atoms with van der Waals surface area (Å²) in [5.41, 5.74) is 2.58. The van der Waals surface area contributed by atoms with Crippen molar-refractivity contribution in [2.24, 2.45) is 0 Å². The van der Waals surface area contributed by atoms with Gasteiger partial charge in [0, 0.05) is 17.5 Å². The number of fused-ring (bicyclic) bond motifs is 1. The van der Waals surface area contributed by atoms with Gasteiger partial charge in [0.15, 0.2) is 0 Å². The van der Waals surface area contributed by atoms with Crippen LogP contribution in [0.1, 0.15) is 31.1 Å². The fourth-order valence-electron chi connectivity index (χ4n) is 2.46. The van der Waals surface area contributed by atoms with Gasteiger partial charge in [-0.1, -0.05) is 26.0 Å². The minimum absolute atomic E-state index is 0.0497. The van der Waals surface area contributed by atoms with Crippen molar-refractivity contribution in [1.29, 1.82) is 0 Å². The Balaban J connectivity index is 2.52. The van der Waals surface area contributed by atoms with Crippen LogP contribution in [0.5, 0.6) is 5.75 Å². The fourth-order valence-corrected chi connectivity index (χ4v) is 2.46. The lowest BCUT2D eigenvalue weighted by Gasteiger charge is -2.37. The van der Waals surface area contributed by atoms with E-state index in [2.05, 4.69) is 31.3 Å². The molecule has 0 saturated carbocycles. The van der Waals surface area contributed by atoms with E-state index in [0.717, 1.165) is 18.9 Å².